The molecule has 1 aliphatic rings. The van der Waals surface area contributed by atoms with Crippen LogP contribution >= 0.6 is 24.0 Å². The van der Waals surface area contributed by atoms with Crippen molar-refractivity contribution in [2.45, 2.75) is 40.0 Å². The van der Waals surface area contributed by atoms with Gasteiger partial charge in [0.05, 0.1) is 0 Å². The van der Waals surface area contributed by atoms with Crippen LogP contribution in [0.25, 0.3) is 0 Å². The van der Waals surface area contributed by atoms with Gasteiger partial charge in [-0.2, -0.15) is 0 Å². The van der Waals surface area contributed by atoms with Crippen molar-refractivity contribution < 1.29 is 0 Å². The maximum Gasteiger partial charge on any atom is 0.191 e. The Morgan fingerprint density at radius 2 is 2.00 bits per heavy atom. The molecule has 0 radical (unpaired) electrons. The lowest BCUT2D eigenvalue weighted by Gasteiger charge is -2.12. The van der Waals surface area contributed by atoms with Crippen LogP contribution in [0.4, 0.5) is 0 Å². The zero-order valence-corrected chi connectivity index (χ0v) is 13.1. The smallest absolute Gasteiger partial charge is 0.191 e. The Kier molecular flexibility index (Phi) is 9.07. The summed E-state index contributed by atoms with van der Waals surface area (Å²) in [5, 5.41) is 6.65. The van der Waals surface area contributed by atoms with Gasteiger partial charge in [0.2, 0.25) is 0 Å². The Morgan fingerprint density at radius 1 is 1.31 bits per heavy atom. The van der Waals surface area contributed by atoms with Crippen molar-refractivity contribution in [2.24, 2.45) is 16.8 Å². The van der Waals surface area contributed by atoms with Gasteiger partial charge in [-0.15, -0.1) is 24.0 Å². The van der Waals surface area contributed by atoms with Gasteiger partial charge in [-0.1, -0.05) is 13.8 Å². The Morgan fingerprint density at radius 3 is 2.50 bits per heavy atom. The molecule has 0 bridgehead atoms. The monoisotopic (exact) mass is 339 g/mol. The van der Waals surface area contributed by atoms with Crippen LogP contribution in [-0.4, -0.2) is 25.6 Å². The Balaban J connectivity index is 0.00000225. The summed E-state index contributed by atoms with van der Waals surface area (Å²) in [5.41, 5.74) is 0. The van der Waals surface area contributed by atoms with Crippen LogP contribution in [0.5, 0.6) is 0 Å². The van der Waals surface area contributed by atoms with E-state index in [0.29, 0.717) is 0 Å². The van der Waals surface area contributed by atoms with E-state index in [1.54, 1.807) is 0 Å². The van der Waals surface area contributed by atoms with E-state index in [0.717, 1.165) is 37.4 Å². The van der Waals surface area contributed by atoms with Crippen LogP contribution in [0, 0.1) is 11.8 Å². The Hall–Kier alpha value is 0. The first kappa shape index (κ1) is 16.0. The number of rotatable bonds is 6. The highest BCUT2D eigenvalue weighted by atomic mass is 127. The molecule has 0 aromatic rings. The largest absolute Gasteiger partial charge is 0.357 e. The van der Waals surface area contributed by atoms with E-state index >= 15 is 0 Å². The van der Waals surface area contributed by atoms with Gasteiger partial charge in [0.15, 0.2) is 5.96 Å². The lowest BCUT2D eigenvalue weighted by Crippen LogP contribution is -2.38. The minimum atomic E-state index is 0. The third-order valence-corrected chi connectivity index (χ3v) is 2.56. The lowest BCUT2D eigenvalue weighted by atomic mass is 10.1. The highest BCUT2D eigenvalue weighted by Gasteiger charge is 2.20. The number of nitrogens with zero attached hydrogens (tertiary/aromatic N) is 1. The van der Waals surface area contributed by atoms with E-state index < -0.39 is 0 Å². The molecular weight excluding hydrogens is 313 g/mol. The second kappa shape index (κ2) is 9.07. The summed E-state index contributed by atoms with van der Waals surface area (Å²) >= 11 is 0. The Labute approximate surface area is 117 Å². The van der Waals surface area contributed by atoms with Crippen LogP contribution < -0.4 is 10.6 Å². The molecule has 1 saturated carbocycles. The predicted molar refractivity (Wildman–Crippen MR) is 81.6 cm³/mol. The molecule has 0 heterocycles. The first-order chi connectivity index (χ1) is 7.22. The molecule has 0 amide bonds. The number of nitrogens with one attached hydrogen (secondary N) is 2. The first-order valence-electron chi connectivity index (χ1n) is 6.24. The molecule has 3 nitrogen and oxygen atoms in total. The van der Waals surface area contributed by atoms with Crippen molar-refractivity contribution in [2.75, 3.05) is 19.6 Å². The van der Waals surface area contributed by atoms with E-state index in [1.807, 2.05) is 0 Å². The fourth-order valence-corrected chi connectivity index (χ4v) is 1.34. The second-order valence-electron chi connectivity index (χ2n) is 4.77. The summed E-state index contributed by atoms with van der Waals surface area (Å²) in [7, 11) is 0. The van der Waals surface area contributed by atoms with E-state index in [9.17, 15) is 0 Å². The molecular formula is C12H26IN3. The summed E-state index contributed by atoms with van der Waals surface area (Å²) in [5.74, 6) is 2.61. The predicted octanol–water partition coefficient (Wildman–Crippen LogP) is 2.62. The van der Waals surface area contributed by atoms with Gasteiger partial charge < -0.3 is 10.6 Å². The van der Waals surface area contributed by atoms with Crippen molar-refractivity contribution >= 4 is 29.9 Å². The van der Waals surface area contributed by atoms with Crippen molar-refractivity contribution in [3.8, 4) is 0 Å². The molecule has 0 saturated heterocycles. The highest BCUT2D eigenvalue weighted by Crippen LogP contribution is 2.28. The molecule has 16 heavy (non-hydrogen) atoms. The highest BCUT2D eigenvalue weighted by molar-refractivity contribution is 14.0. The SMILES string of the molecule is CCNC(=NCC1CC1)NCCC(C)C.I. The molecule has 0 unspecified atom stereocenters. The molecule has 0 aromatic carbocycles. The first-order valence-corrected chi connectivity index (χ1v) is 6.24. The van der Waals surface area contributed by atoms with Crippen molar-refractivity contribution in [3.63, 3.8) is 0 Å². The molecule has 1 aliphatic carbocycles. The quantitative estimate of drug-likeness (QED) is 0.443. The number of halogens is 1. The fraction of sp³-hybridized carbons (Fsp3) is 0.917. The van der Waals surface area contributed by atoms with Crippen molar-refractivity contribution in [3.05, 3.63) is 0 Å². The van der Waals surface area contributed by atoms with E-state index in [1.165, 1.54) is 19.3 Å². The molecule has 4 heteroatoms. The topological polar surface area (TPSA) is 36.4 Å². The number of guanidine groups is 1. The molecule has 0 atom stereocenters. The minimum Gasteiger partial charge on any atom is -0.357 e. The van der Waals surface area contributed by atoms with Gasteiger partial charge in [-0.05, 0) is 38.0 Å². The van der Waals surface area contributed by atoms with Gasteiger partial charge in [0.1, 0.15) is 0 Å². The van der Waals surface area contributed by atoms with Crippen LogP contribution in [-0.2, 0) is 0 Å². The molecule has 0 aromatic heterocycles. The molecule has 1 fully saturated rings. The Bertz CT molecular complexity index is 200. The standard InChI is InChI=1S/C12H25N3.HI/c1-4-13-12(14-8-7-10(2)3)15-9-11-5-6-11;/h10-11H,4-9H2,1-3H3,(H2,13,14,15);1H. The number of aliphatic imine (C=N–C) groups is 1. The van der Waals surface area contributed by atoms with Gasteiger partial charge in [-0.3, -0.25) is 4.99 Å². The van der Waals surface area contributed by atoms with E-state index in [4.69, 9.17) is 0 Å². The van der Waals surface area contributed by atoms with Crippen LogP contribution in [0.1, 0.15) is 40.0 Å². The maximum absolute atomic E-state index is 4.57. The zero-order chi connectivity index (χ0) is 11.1. The van der Waals surface area contributed by atoms with E-state index in [-0.39, 0.29) is 24.0 Å². The second-order valence-corrected chi connectivity index (χ2v) is 4.77. The normalized spacial score (nSPS) is 15.9. The fourth-order valence-electron chi connectivity index (χ4n) is 1.34. The van der Waals surface area contributed by atoms with Crippen molar-refractivity contribution in [1.29, 1.82) is 0 Å². The van der Waals surface area contributed by atoms with Crippen LogP contribution in [0.3, 0.4) is 0 Å². The average molecular weight is 339 g/mol. The molecule has 0 aliphatic heterocycles. The van der Waals surface area contributed by atoms with Crippen LogP contribution in [0.15, 0.2) is 4.99 Å². The van der Waals surface area contributed by atoms with Gasteiger partial charge in [0, 0.05) is 19.6 Å². The van der Waals surface area contributed by atoms with Gasteiger partial charge in [-0.25, -0.2) is 0 Å². The zero-order valence-electron chi connectivity index (χ0n) is 10.8. The summed E-state index contributed by atoms with van der Waals surface area (Å²) in [6.07, 6.45) is 3.94. The summed E-state index contributed by atoms with van der Waals surface area (Å²) in [4.78, 5) is 4.57. The van der Waals surface area contributed by atoms with Crippen molar-refractivity contribution in [1.82, 2.24) is 10.6 Å². The van der Waals surface area contributed by atoms with E-state index in [2.05, 4.69) is 36.4 Å². The lowest BCUT2D eigenvalue weighted by molar-refractivity contribution is 0.573. The summed E-state index contributed by atoms with van der Waals surface area (Å²) in [6, 6.07) is 0. The number of hydrogen-bond donors (Lipinski definition) is 2. The third-order valence-electron chi connectivity index (χ3n) is 2.56. The average Bonchev–Trinajstić information content (AvgIpc) is 2.97. The minimum absolute atomic E-state index is 0. The summed E-state index contributed by atoms with van der Waals surface area (Å²) in [6.45, 7) is 9.56. The maximum atomic E-state index is 4.57. The molecule has 0 spiro atoms. The third kappa shape index (κ3) is 8.19. The molecule has 2 N–H and O–H groups in total. The number of hydrogen-bond acceptors (Lipinski definition) is 1. The van der Waals surface area contributed by atoms with Crippen LogP contribution in [0.2, 0.25) is 0 Å². The molecule has 1 rings (SSSR count). The van der Waals surface area contributed by atoms with Gasteiger partial charge >= 0.3 is 0 Å². The summed E-state index contributed by atoms with van der Waals surface area (Å²) < 4.78 is 0. The van der Waals surface area contributed by atoms with Gasteiger partial charge in [0.25, 0.3) is 0 Å². The molecule has 96 valence electrons.